The van der Waals surface area contributed by atoms with Crippen molar-refractivity contribution in [1.82, 2.24) is 5.32 Å². The minimum Gasteiger partial charge on any atom is -0.480 e. The van der Waals surface area contributed by atoms with E-state index >= 15 is 0 Å². The van der Waals surface area contributed by atoms with Crippen molar-refractivity contribution in [1.29, 1.82) is 0 Å². The van der Waals surface area contributed by atoms with Crippen molar-refractivity contribution < 1.29 is 23.5 Å². The monoisotopic (exact) mass is 500 g/mol. The molecule has 1 fully saturated rings. The number of carbonyl (C=O) groups is 2. The fraction of sp³-hybridized carbons (Fsp3) is 0.517. The van der Waals surface area contributed by atoms with Gasteiger partial charge in [-0.05, 0) is 55.4 Å². The van der Waals surface area contributed by atoms with Crippen LogP contribution in [0.4, 0.5) is 14.5 Å². The first-order chi connectivity index (χ1) is 17.3. The number of unbranched alkanes of at least 4 members (excludes halogenated alkanes) is 6. The van der Waals surface area contributed by atoms with Gasteiger partial charge in [0.15, 0.2) is 11.6 Å². The minimum atomic E-state index is -1.61. The number of amides is 1. The van der Waals surface area contributed by atoms with E-state index in [9.17, 15) is 23.5 Å². The molecular weight excluding hydrogens is 462 g/mol. The Bertz CT molecular complexity index is 1010. The van der Waals surface area contributed by atoms with E-state index in [1.807, 2.05) is 0 Å². The van der Waals surface area contributed by atoms with E-state index in [1.165, 1.54) is 56.6 Å². The molecule has 2 aromatic carbocycles. The van der Waals surface area contributed by atoms with Gasteiger partial charge in [-0.25, -0.2) is 8.78 Å². The number of benzene rings is 2. The van der Waals surface area contributed by atoms with Crippen LogP contribution < -0.4 is 10.6 Å². The lowest BCUT2D eigenvalue weighted by atomic mass is 9.84. The second kappa shape index (κ2) is 13.5. The van der Waals surface area contributed by atoms with Crippen LogP contribution in [0.5, 0.6) is 0 Å². The third-order valence-corrected chi connectivity index (χ3v) is 7.22. The molecule has 2 atom stereocenters. The number of hydrogen-bond donors (Lipinski definition) is 3. The topological polar surface area (TPSA) is 78.4 Å². The third-order valence-electron chi connectivity index (χ3n) is 7.22. The third kappa shape index (κ3) is 7.60. The Balaban J connectivity index is 1.46. The van der Waals surface area contributed by atoms with E-state index in [-0.39, 0.29) is 24.6 Å². The number of aryl methyl sites for hydroxylation is 1. The van der Waals surface area contributed by atoms with Gasteiger partial charge in [0, 0.05) is 24.3 Å². The Morgan fingerprint density at radius 1 is 0.944 bits per heavy atom. The van der Waals surface area contributed by atoms with Crippen LogP contribution in [0.3, 0.4) is 0 Å². The lowest BCUT2D eigenvalue weighted by molar-refractivity contribution is -0.153. The van der Waals surface area contributed by atoms with Crippen LogP contribution in [0.15, 0.2) is 42.5 Å². The summed E-state index contributed by atoms with van der Waals surface area (Å²) in [6.45, 7) is 2.82. The molecule has 3 rings (SSSR count). The van der Waals surface area contributed by atoms with Crippen LogP contribution in [0.2, 0.25) is 0 Å². The molecule has 7 heteroatoms. The number of anilines is 1. The summed E-state index contributed by atoms with van der Waals surface area (Å²) in [7, 11) is 0. The largest absolute Gasteiger partial charge is 0.480 e. The van der Waals surface area contributed by atoms with Crippen molar-refractivity contribution in [2.24, 2.45) is 5.41 Å². The molecule has 2 aromatic rings. The molecule has 196 valence electrons. The summed E-state index contributed by atoms with van der Waals surface area (Å²) in [5.41, 5.74) is 0.861. The number of carboxylic acids is 1. The van der Waals surface area contributed by atoms with Gasteiger partial charge in [-0.3, -0.25) is 9.59 Å². The van der Waals surface area contributed by atoms with E-state index in [4.69, 9.17) is 0 Å². The van der Waals surface area contributed by atoms with Crippen molar-refractivity contribution in [3.05, 3.63) is 65.2 Å². The van der Waals surface area contributed by atoms with Gasteiger partial charge in [-0.2, -0.15) is 0 Å². The van der Waals surface area contributed by atoms with Gasteiger partial charge in [0.1, 0.15) is 5.41 Å². The molecule has 0 heterocycles. The van der Waals surface area contributed by atoms with E-state index in [1.54, 1.807) is 0 Å². The van der Waals surface area contributed by atoms with Crippen molar-refractivity contribution in [2.75, 3.05) is 5.32 Å². The van der Waals surface area contributed by atoms with Crippen molar-refractivity contribution in [2.45, 2.75) is 90.1 Å². The average Bonchev–Trinajstić information content (AvgIpc) is 3.31. The van der Waals surface area contributed by atoms with Gasteiger partial charge in [-0.1, -0.05) is 69.7 Å². The Labute approximate surface area is 212 Å². The summed E-state index contributed by atoms with van der Waals surface area (Å²) >= 11 is 0. The van der Waals surface area contributed by atoms with Crippen molar-refractivity contribution >= 4 is 17.6 Å². The molecule has 1 amide bonds. The standard InChI is InChI=1S/C29H38F2N2O3/c1-2-3-4-5-6-7-8-9-21-10-12-22(13-11-21)20-32-24-16-17-29(19-24,28(35)36)27(34)33-23-14-15-25(30)26(31)18-23/h10-15,18,24,32H,2-9,16-17,19-20H2,1H3,(H,33,34)(H,35,36). The zero-order chi connectivity index (χ0) is 26.0. The minimum absolute atomic E-state index is 0.0347. The first-order valence-electron chi connectivity index (χ1n) is 13.1. The fourth-order valence-electron chi connectivity index (χ4n) is 4.91. The highest BCUT2D eigenvalue weighted by Gasteiger charge is 2.51. The second-order valence-corrected chi connectivity index (χ2v) is 9.98. The smallest absolute Gasteiger partial charge is 0.319 e. The number of halogens is 2. The highest BCUT2D eigenvalue weighted by molar-refractivity contribution is 6.08. The molecule has 0 aliphatic heterocycles. The second-order valence-electron chi connectivity index (χ2n) is 9.98. The molecule has 0 aromatic heterocycles. The maximum atomic E-state index is 13.5. The molecule has 0 radical (unpaired) electrons. The quantitative estimate of drug-likeness (QED) is 0.201. The molecule has 36 heavy (non-hydrogen) atoms. The Morgan fingerprint density at radius 3 is 2.28 bits per heavy atom. The Hall–Kier alpha value is -2.80. The lowest BCUT2D eigenvalue weighted by Crippen LogP contribution is -2.42. The highest BCUT2D eigenvalue weighted by Crippen LogP contribution is 2.40. The van der Waals surface area contributed by atoms with E-state index in [2.05, 4.69) is 41.8 Å². The number of carboxylic acid groups (broad SMARTS) is 1. The molecule has 1 aliphatic carbocycles. The van der Waals surface area contributed by atoms with E-state index in [0.29, 0.717) is 13.0 Å². The van der Waals surface area contributed by atoms with Gasteiger partial charge < -0.3 is 15.7 Å². The van der Waals surface area contributed by atoms with Crippen LogP contribution in [0.25, 0.3) is 0 Å². The lowest BCUT2D eigenvalue weighted by Gasteiger charge is -2.23. The normalized spacial score (nSPS) is 19.4. The van der Waals surface area contributed by atoms with Gasteiger partial charge in [0.25, 0.3) is 0 Å². The number of carbonyl (C=O) groups excluding carboxylic acids is 1. The molecule has 0 bridgehead atoms. The summed E-state index contributed by atoms with van der Waals surface area (Å²) in [4.78, 5) is 25.0. The van der Waals surface area contributed by atoms with Crippen LogP contribution >= 0.6 is 0 Å². The first-order valence-corrected chi connectivity index (χ1v) is 13.1. The van der Waals surface area contributed by atoms with Gasteiger partial charge >= 0.3 is 5.97 Å². The average molecular weight is 501 g/mol. The summed E-state index contributed by atoms with van der Waals surface area (Å²) in [5.74, 6) is -4.05. The predicted octanol–water partition coefficient (Wildman–Crippen LogP) is 6.61. The van der Waals surface area contributed by atoms with Crippen LogP contribution in [-0.2, 0) is 22.6 Å². The fourth-order valence-corrected chi connectivity index (χ4v) is 4.91. The van der Waals surface area contributed by atoms with Gasteiger partial charge in [-0.15, -0.1) is 0 Å². The molecule has 0 saturated heterocycles. The Morgan fingerprint density at radius 2 is 1.61 bits per heavy atom. The number of aliphatic carboxylic acids is 1. The van der Waals surface area contributed by atoms with Gasteiger partial charge in [0.05, 0.1) is 0 Å². The summed E-state index contributed by atoms with van der Waals surface area (Å²) in [6.07, 6.45) is 11.0. The number of rotatable bonds is 14. The summed E-state index contributed by atoms with van der Waals surface area (Å²) in [6, 6.07) is 11.3. The molecule has 3 N–H and O–H groups in total. The summed E-state index contributed by atoms with van der Waals surface area (Å²) in [5, 5.41) is 15.7. The maximum absolute atomic E-state index is 13.5. The highest BCUT2D eigenvalue weighted by atomic mass is 19.2. The van der Waals surface area contributed by atoms with Gasteiger partial charge in [0.2, 0.25) is 5.91 Å². The molecule has 1 aliphatic rings. The number of nitrogens with one attached hydrogen (secondary N) is 2. The van der Waals surface area contributed by atoms with Crippen LogP contribution in [0, 0.1) is 17.0 Å². The van der Waals surface area contributed by atoms with E-state index in [0.717, 1.165) is 24.1 Å². The van der Waals surface area contributed by atoms with Crippen LogP contribution in [-0.4, -0.2) is 23.0 Å². The number of hydrogen-bond acceptors (Lipinski definition) is 3. The SMILES string of the molecule is CCCCCCCCCc1ccc(CNC2CCC(C(=O)O)(C(=O)Nc3ccc(F)c(F)c3)C2)cc1. The zero-order valence-corrected chi connectivity index (χ0v) is 21.1. The first kappa shape index (κ1) is 27.8. The molecule has 5 nitrogen and oxygen atoms in total. The van der Waals surface area contributed by atoms with E-state index < -0.39 is 28.9 Å². The van der Waals surface area contributed by atoms with Crippen molar-refractivity contribution in [3.8, 4) is 0 Å². The predicted molar refractivity (Wildman–Crippen MR) is 138 cm³/mol. The Kier molecular flexibility index (Phi) is 10.4. The van der Waals surface area contributed by atoms with Crippen molar-refractivity contribution in [3.63, 3.8) is 0 Å². The summed E-state index contributed by atoms with van der Waals surface area (Å²) < 4.78 is 26.7. The molecular formula is C29H38F2N2O3. The van der Waals surface area contributed by atoms with Crippen LogP contribution in [0.1, 0.15) is 82.3 Å². The molecule has 2 unspecified atom stereocenters. The molecule has 1 saturated carbocycles. The zero-order valence-electron chi connectivity index (χ0n) is 21.1. The maximum Gasteiger partial charge on any atom is 0.319 e. The molecule has 0 spiro atoms.